The second-order valence-electron chi connectivity index (χ2n) is 6.96. The maximum Gasteiger partial charge on any atom is 0.103 e. The third-order valence-electron chi connectivity index (χ3n) is 5.21. The van der Waals surface area contributed by atoms with Gasteiger partial charge in [0.2, 0.25) is 0 Å². The molecule has 1 aliphatic rings. The molecule has 0 unspecified atom stereocenters. The first kappa shape index (κ1) is 18.0. The minimum absolute atomic E-state index is 0.339. The lowest BCUT2D eigenvalue weighted by atomic mass is 9.78. The molecule has 126 valence electrons. The smallest absolute Gasteiger partial charge is 0.103 e. The Bertz CT molecular complexity index is 522. The zero-order chi connectivity index (χ0) is 16.7. The van der Waals surface area contributed by atoms with E-state index in [2.05, 4.69) is 37.5 Å². The molecule has 23 heavy (non-hydrogen) atoms. The minimum Gasteiger partial charge on any atom is -0.384 e. The fraction of sp³-hybridized carbons (Fsp3) is 0.619. The summed E-state index contributed by atoms with van der Waals surface area (Å²) in [6.07, 6.45) is 5.21. The van der Waals surface area contributed by atoms with Crippen molar-refractivity contribution in [1.29, 1.82) is 0 Å². The van der Waals surface area contributed by atoms with Crippen LogP contribution in [0.5, 0.6) is 0 Å². The van der Waals surface area contributed by atoms with E-state index in [1.54, 1.807) is 0 Å². The molecular weight excluding hydrogens is 282 g/mol. The molecule has 1 aromatic carbocycles. The number of hydrogen-bond donors (Lipinski definition) is 1. The summed E-state index contributed by atoms with van der Waals surface area (Å²) in [5, 5.41) is 11.4. The largest absolute Gasteiger partial charge is 0.384 e. The zero-order valence-electron chi connectivity index (χ0n) is 14.9. The van der Waals surface area contributed by atoms with E-state index in [1.165, 1.54) is 12.8 Å². The van der Waals surface area contributed by atoms with E-state index in [4.69, 9.17) is 0 Å². The zero-order valence-corrected chi connectivity index (χ0v) is 14.9. The molecule has 0 aromatic heterocycles. The summed E-state index contributed by atoms with van der Waals surface area (Å²) < 4.78 is 0. The maximum atomic E-state index is 11.4. The Morgan fingerprint density at radius 1 is 1.17 bits per heavy atom. The Labute approximate surface area is 141 Å². The topological polar surface area (TPSA) is 23.5 Å². The molecule has 1 saturated carbocycles. The van der Waals surface area contributed by atoms with Crippen LogP contribution in [0.2, 0.25) is 0 Å². The number of nitrogens with zero attached hydrogens (tertiary/aromatic N) is 1. The first-order valence-corrected chi connectivity index (χ1v) is 9.05. The van der Waals surface area contributed by atoms with Crippen LogP contribution in [-0.4, -0.2) is 29.1 Å². The number of benzene rings is 1. The van der Waals surface area contributed by atoms with Crippen molar-refractivity contribution < 1.29 is 5.11 Å². The quantitative estimate of drug-likeness (QED) is 0.796. The van der Waals surface area contributed by atoms with Crippen LogP contribution in [-0.2, 0) is 5.60 Å². The van der Waals surface area contributed by atoms with E-state index in [-0.39, 0.29) is 0 Å². The molecule has 1 N–H and O–H groups in total. The predicted molar refractivity (Wildman–Crippen MR) is 97.1 cm³/mol. The van der Waals surface area contributed by atoms with E-state index in [1.807, 2.05) is 30.3 Å². The lowest BCUT2D eigenvalue weighted by Crippen LogP contribution is -2.33. The summed E-state index contributed by atoms with van der Waals surface area (Å²) in [6.45, 7) is 8.36. The van der Waals surface area contributed by atoms with Crippen molar-refractivity contribution in [2.75, 3.05) is 13.1 Å². The Kier molecular flexibility index (Phi) is 6.69. The average molecular weight is 313 g/mol. The molecule has 0 bridgehead atoms. The molecule has 2 rings (SSSR count). The van der Waals surface area contributed by atoms with Gasteiger partial charge in [-0.05, 0) is 44.7 Å². The van der Waals surface area contributed by atoms with Gasteiger partial charge in [0.05, 0.1) is 6.54 Å². The molecular formula is C21H31NO. The first-order chi connectivity index (χ1) is 11.1. The molecule has 2 heteroatoms. The van der Waals surface area contributed by atoms with Crippen LogP contribution in [0.4, 0.5) is 0 Å². The van der Waals surface area contributed by atoms with Gasteiger partial charge in [0.1, 0.15) is 5.60 Å². The Balaban J connectivity index is 2.10. The van der Waals surface area contributed by atoms with E-state index >= 15 is 0 Å². The van der Waals surface area contributed by atoms with Gasteiger partial charge in [0.15, 0.2) is 0 Å². The summed E-state index contributed by atoms with van der Waals surface area (Å²) in [5.74, 6) is 6.90. The average Bonchev–Trinajstić information content (AvgIpc) is 3.10. The van der Waals surface area contributed by atoms with Gasteiger partial charge in [-0.2, -0.15) is 0 Å². The highest BCUT2D eigenvalue weighted by Crippen LogP contribution is 2.42. The van der Waals surface area contributed by atoms with Crippen molar-refractivity contribution in [1.82, 2.24) is 4.90 Å². The van der Waals surface area contributed by atoms with Gasteiger partial charge in [-0.1, -0.05) is 61.9 Å². The Morgan fingerprint density at radius 3 is 2.39 bits per heavy atom. The molecule has 0 radical (unpaired) electrons. The highest BCUT2D eigenvalue weighted by molar-refractivity contribution is 5.26. The normalized spacial score (nSPS) is 18.0. The van der Waals surface area contributed by atoms with E-state index in [9.17, 15) is 5.11 Å². The van der Waals surface area contributed by atoms with Crippen LogP contribution in [0, 0.1) is 17.8 Å². The van der Waals surface area contributed by atoms with Crippen molar-refractivity contribution in [3.8, 4) is 11.8 Å². The van der Waals surface area contributed by atoms with Crippen LogP contribution >= 0.6 is 0 Å². The molecule has 0 saturated heterocycles. The number of rotatable bonds is 6. The summed E-state index contributed by atoms with van der Waals surface area (Å²) in [4.78, 5) is 2.34. The Morgan fingerprint density at radius 2 is 1.83 bits per heavy atom. The van der Waals surface area contributed by atoms with Crippen LogP contribution < -0.4 is 0 Å². The van der Waals surface area contributed by atoms with Gasteiger partial charge in [-0.3, -0.25) is 4.90 Å². The van der Waals surface area contributed by atoms with Crippen molar-refractivity contribution in [3.63, 3.8) is 0 Å². The molecule has 1 atom stereocenters. The number of aliphatic hydroxyl groups is 1. The summed E-state index contributed by atoms with van der Waals surface area (Å²) >= 11 is 0. The van der Waals surface area contributed by atoms with Gasteiger partial charge < -0.3 is 5.11 Å². The molecule has 1 fully saturated rings. The molecule has 1 aliphatic carbocycles. The summed E-state index contributed by atoms with van der Waals surface area (Å²) in [7, 11) is 0. The molecule has 0 aliphatic heterocycles. The van der Waals surface area contributed by atoms with Gasteiger partial charge in [-0.15, -0.1) is 0 Å². The minimum atomic E-state index is -0.792. The second kappa shape index (κ2) is 8.52. The fourth-order valence-corrected chi connectivity index (χ4v) is 3.63. The number of hydrogen-bond acceptors (Lipinski definition) is 2. The molecule has 0 spiro atoms. The van der Waals surface area contributed by atoms with Crippen LogP contribution in [0.15, 0.2) is 30.3 Å². The second-order valence-corrected chi connectivity index (χ2v) is 6.96. The fourth-order valence-electron chi connectivity index (χ4n) is 3.63. The highest BCUT2D eigenvalue weighted by Gasteiger charge is 2.39. The van der Waals surface area contributed by atoms with Crippen molar-refractivity contribution in [2.45, 2.75) is 64.5 Å². The van der Waals surface area contributed by atoms with Crippen molar-refractivity contribution in [3.05, 3.63) is 35.9 Å². The predicted octanol–water partition coefficient (Wildman–Crippen LogP) is 4.19. The monoisotopic (exact) mass is 313 g/mol. The highest BCUT2D eigenvalue weighted by atomic mass is 16.3. The maximum absolute atomic E-state index is 11.4. The van der Waals surface area contributed by atoms with E-state index in [0.717, 1.165) is 31.5 Å². The lowest BCUT2D eigenvalue weighted by molar-refractivity contribution is -0.0173. The molecule has 0 heterocycles. The summed E-state index contributed by atoms with van der Waals surface area (Å²) in [5.41, 5.74) is 0.233. The van der Waals surface area contributed by atoms with Crippen LogP contribution in [0.1, 0.15) is 58.4 Å². The SMILES string of the molecule is CCN(CC#CC[C@](O)(c1ccccc1)C1CCCC1)C(C)C. The molecule has 2 nitrogen and oxygen atoms in total. The van der Waals surface area contributed by atoms with Gasteiger partial charge in [0.25, 0.3) is 0 Å². The lowest BCUT2D eigenvalue weighted by Gasteiger charge is -2.33. The first-order valence-electron chi connectivity index (χ1n) is 9.05. The van der Waals surface area contributed by atoms with Crippen LogP contribution in [0.3, 0.4) is 0 Å². The van der Waals surface area contributed by atoms with Crippen molar-refractivity contribution >= 4 is 0 Å². The third-order valence-corrected chi connectivity index (χ3v) is 5.21. The van der Waals surface area contributed by atoms with Crippen LogP contribution in [0.25, 0.3) is 0 Å². The third kappa shape index (κ3) is 4.59. The van der Waals surface area contributed by atoms with Gasteiger partial charge >= 0.3 is 0 Å². The van der Waals surface area contributed by atoms with E-state index in [0.29, 0.717) is 18.4 Å². The van der Waals surface area contributed by atoms with Gasteiger partial charge in [0, 0.05) is 12.5 Å². The van der Waals surface area contributed by atoms with Crippen molar-refractivity contribution in [2.24, 2.45) is 5.92 Å². The van der Waals surface area contributed by atoms with E-state index < -0.39 is 5.60 Å². The molecule has 0 amide bonds. The Hall–Kier alpha value is -1.30. The summed E-state index contributed by atoms with van der Waals surface area (Å²) in [6, 6.07) is 10.6. The molecule has 1 aromatic rings. The standard InChI is InChI=1S/C21H31NO/c1-4-22(18(2)3)17-11-10-16-21(23,20-14-8-9-15-20)19-12-6-5-7-13-19/h5-7,12-13,18,20,23H,4,8-9,14-17H2,1-3H3/t21-/m0/s1. The van der Waals surface area contributed by atoms with Gasteiger partial charge in [-0.25, -0.2) is 0 Å².